The molecule has 2 amide bonds. The molecule has 1 aliphatic heterocycles. The zero-order chi connectivity index (χ0) is 21.3. The maximum Gasteiger partial charge on any atom is 0.243 e. The highest BCUT2D eigenvalue weighted by atomic mass is 16.2. The molecule has 6 heteroatoms. The van der Waals surface area contributed by atoms with Crippen molar-refractivity contribution in [3.8, 4) is 6.07 Å². The number of nitrogens with one attached hydrogen (secondary N) is 1. The minimum atomic E-state index is -0.581. The first-order valence-electron chi connectivity index (χ1n) is 10.4. The van der Waals surface area contributed by atoms with Crippen molar-refractivity contribution in [3.63, 3.8) is 0 Å². The van der Waals surface area contributed by atoms with Gasteiger partial charge >= 0.3 is 0 Å². The Morgan fingerprint density at radius 3 is 2.43 bits per heavy atom. The van der Waals surface area contributed by atoms with Crippen LogP contribution in [0.2, 0.25) is 0 Å². The van der Waals surface area contributed by atoms with Crippen LogP contribution in [0.5, 0.6) is 0 Å². The number of aryl methyl sites for hydroxylation is 1. The molecule has 3 rings (SSSR count). The van der Waals surface area contributed by atoms with Gasteiger partial charge in [0, 0.05) is 26.1 Å². The second kappa shape index (κ2) is 10.6. The Morgan fingerprint density at radius 2 is 1.77 bits per heavy atom. The predicted octanol–water partition coefficient (Wildman–Crippen LogP) is 2.53. The molecule has 1 fully saturated rings. The molecule has 1 heterocycles. The van der Waals surface area contributed by atoms with E-state index in [1.54, 1.807) is 4.90 Å². The lowest BCUT2D eigenvalue weighted by Gasteiger charge is -2.24. The lowest BCUT2D eigenvalue weighted by molar-refractivity contribution is -0.138. The molecule has 0 spiro atoms. The molecule has 0 unspecified atom stereocenters. The Kier molecular flexibility index (Phi) is 7.58. The van der Waals surface area contributed by atoms with Crippen LogP contribution in [0, 0.1) is 17.2 Å². The third-order valence-electron chi connectivity index (χ3n) is 5.53. The van der Waals surface area contributed by atoms with Gasteiger partial charge in [0.25, 0.3) is 0 Å². The van der Waals surface area contributed by atoms with Crippen LogP contribution < -0.4 is 11.1 Å². The fourth-order valence-corrected chi connectivity index (χ4v) is 3.79. The molecule has 0 radical (unpaired) electrons. The molecule has 2 aromatic carbocycles. The average Bonchev–Trinajstić information content (AvgIpc) is 3.23. The van der Waals surface area contributed by atoms with Crippen LogP contribution in [0.15, 0.2) is 54.6 Å². The van der Waals surface area contributed by atoms with Gasteiger partial charge in [-0.2, -0.15) is 5.26 Å². The first-order valence-corrected chi connectivity index (χ1v) is 10.4. The van der Waals surface area contributed by atoms with Crippen LogP contribution in [0.25, 0.3) is 0 Å². The largest absolute Gasteiger partial charge is 0.350 e. The Hall–Kier alpha value is -3.17. The number of benzene rings is 2. The van der Waals surface area contributed by atoms with Crippen molar-refractivity contribution >= 4 is 11.8 Å². The van der Waals surface area contributed by atoms with Gasteiger partial charge in [0.05, 0.1) is 12.0 Å². The molecule has 156 valence electrons. The summed E-state index contributed by atoms with van der Waals surface area (Å²) in [5.41, 5.74) is 8.80. The van der Waals surface area contributed by atoms with E-state index in [9.17, 15) is 14.9 Å². The van der Waals surface area contributed by atoms with Crippen molar-refractivity contribution in [2.75, 3.05) is 6.54 Å². The van der Waals surface area contributed by atoms with Gasteiger partial charge < -0.3 is 16.0 Å². The molecule has 2 aromatic rings. The number of hydrogen-bond acceptors (Lipinski definition) is 4. The molecule has 2 atom stereocenters. The molecular weight excluding hydrogens is 376 g/mol. The summed E-state index contributed by atoms with van der Waals surface area (Å²) in [6.07, 6.45) is 2.30. The molecule has 0 aromatic heterocycles. The summed E-state index contributed by atoms with van der Waals surface area (Å²) in [4.78, 5) is 27.1. The van der Waals surface area contributed by atoms with E-state index < -0.39 is 6.04 Å². The smallest absolute Gasteiger partial charge is 0.243 e. The molecule has 0 bridgehead atoms. The summed E-state index contributed by atoms with van der Waals surface area (Å²) in [6, 6.07) is 19.4. The van der Waals surface area contributed by atoms with Gasteiger partial charge in [0.2, 0.25) is 11.8 Å². The van der Waals surface area contributed by atoms with Crippen LogP contribution in [-0.4, -0.2) is 29.3 Å². The molecule has 3 N–H and O–H groups in total. The first-order chi connectivity index (χ1) is 14.6. The summed E-state index contributed by atoms with van der Waals surface area (Å²) in [5.74, 6) is -0.564. The SMILES string of the molecule is N#C[C@@H]1C[C@@H](C(=O)NCc2ccc(CN)cc2)N(C(=O)CCCc2ccccc2)C1. The number of nitrogens with two attached hydrogens (primary N) is 1. The second-order valence-corrected chi connectivity index (χ2v) is 7.70. The van der Waals surface area contributed by atoms with Crippen LogP contribution in [0.1, 0.15) is 36.0 Å². The summed E-state index contributed by atoms with van der Waals surface area (Å²) in [6.45, 7) is 1.18. The van der Waals surface area contributed by atoms with Crippen molar-refractivity contribution < 1.29 is 9.59 Å². The second-order valence-electron chi connectivity index (χ2n) is 7.70. The fraction of sp³-hybridized carbons (Fsp3) is 0.375. The van der Waals surface area contributed by atoms with Gasteiger partial charge in [0.15, 0.2) is 0 Å². The topological polar surface area (TPSA) is 99.2 Å². The average molecular weight is 405 g/mol. The summed E-state index contributed by atoms with van der Waals surface area (Å²) in [7, 11) is 0. The number of carbonyl (C=O) groups excluding carboxylic acids is 2. The third kappa shape index (κ3) is 5.68. The summed E-state index contributed by atoms with van der Waals surface area (Å²) >= 11 is 0. The maximum atomic E-state index is 12.8. The van der Waals surface area contributed by atoms with Gasteiger partial charge in [-0.25, -0.2) is 0 Å². The molecule has 1 aliphatic rings. The number of carbonyl (C=O) groups is 2. The van der Waals surface area contributed by atoms with E-state index in [1.807, 2.05) is 54.6 Å². The van der Waals surface area contributed by atoms with E-state index in [0.29, 0.717) is 32.5 Å². The highest BCUT2D eigenvalue weighted by Gasteiger charge is 2.39. The molecule has 30 heavy (non-hydrogen) atoms. The maximum absolute atomic E-state index is 12.8. The Morgan fingerprint density at radius 1 is 1.07 bits per heavy atom. The number of hydrogen-bond donors (Lipinski definition) is 2. The highest BCUT2D eigenvalue weighted by molar-refractivity contribution is 5.88. The fourth-order valence-electron chi connectivity index (χ4n) is 3.79. The Labute approximate surface area is 177 Å². The number of nitrogens with zero attached hydrogens (tertiary/aromatic N) is 2. The van der Waals surface area contributed by atoms with Crippen LogP contribution in [0.3, 0.4) is 0 Å². The Bertz CT molecular complexity index is 890. The zero-order valence-electron chi connectivity index (χ0n) is 17.1. The van der Waals surface area contributed by atoms with Gasteiger partial charge in [-0.05, 0) is 36.0 Å². The van der Waals surface area contributed by atoms with Gasteiger partial charge in [-0.15, -0.1) is 0 Å². The molecule has 0 aliphatic carbocycles. The zero-order valence-corrected chi connectivity index (χ0v) is 17.1. The van der Waals surface area contributed by atoms with Gasteiger partial charge in [0.1, 0.15) is 6.04 Å². The van der Waals surface area contributed by atoms with Crippen molar-refractivity contribution in [1.82, 2.24) is 10.2 Å². The van der Waals surface area contributed by atoms with Crippen LogP contribution in [-0.2, 0) is 29.1 Å². The van der Waals surface area contributed by atoms with E-state index in [0.717, 1.165) is 24.0 Å². The number of nitriles is 1. The third-order valence-corrected chi connectivity index (χ3v) is 5.53. The van der Waals surface area contributed by atoms with Crippen molar-refractivity contribution in [3.05, 3.63) is 71.3 Å². The van der Waals surface area contributed by atoms with E-state index in [2.05, 4.69) is 11.4 Å². The van der Waals surface area contributed by atoms with Crippen molar-refractivity contribution in [2.24, 2.45) is 11.7 Å². The lowest BCUT2D eigenvalue weighted by Crippen LogP contribution is -2.45. The minimum absolute atomic E-state index is 0.0591. The van der Waals surface area contributed by atoms with Crippen LogP contribution >= 0.6 is 0 Å². The normalized spacial score (nSPS) is 18.1. The standard InChI is InChI=1S/C24H28N4O2/c25-14-19-9-11-20(12-10-19)16-27-24(30)22-13-21(15-26)17-28(22)23(29)8-4-7-18-5-2-1-3-6-18/h1-3,5-6,9-12,21-22H,4,7-8,13-14,16-17,25H2,(H,27,30)/t21-,22-/m0/s1. The van der Waals surface area contributed by atoms with Crippen molar-refractivity contribution in [2.45, 2.75) is 44.8 Å². The number of rotatable bonds is 8. The molecule has 0 saturated carbocycles. The minimum Gasteiger partial charge on any atom is -0.350 e. The first kappa shape index (κ1) is 21.5. The van der Waals surface area contributed by atoms with Crippen molar-refractivity contribution in [1.29, 1.82) is 5.26 Å². The van der Waals surface area contributed by atoms with E-state index >= 15 is 0 Å². The summed E-state index contributed by atoms with van der Waals surface area (Å²) in [5, 5.41) is 12.2. The van der Waals surface area contributed by atoms with Gasteiger partial charge in [-0.1, -0.05) is 54.6 Å². The van der Waals surface area contributed by atoms with E-state index in [-0.39, 0.29) is 17.7 Å². The highest BCUT2D eigenvalue weighted by Crippen LogP contribution is 2.24. The predicted molar refractivity (Wildman–Crippen MR) is 115 cm³/mol. The van der Waals surface area contributed by atoms with E-state index in [4.69, 9.17) is 5.73 Å². The summed E-state index contributed by atoms with van der Waals surface area (Å²) < 4.78 is 0. The Balaban J connectivity index is 1.54. The molecule has 6 nitrogen and oxygen atoms in total. The number of likely N-dealkylation sites (tertiary alicyclic amines) is 1. The van der Waals surface area contributed by atoms with Crippen LogP contribution in [0.4, 0.5) is 0 Å². The molecular formula is C24H28N4O2. The van der Waals surface area contributed by atoms with E-state index in [1.165, 1.54) is 5.56 Å². The number of amides is 2. The molecule has 1 saturated heterocycles. The monoisotopic (exact) mass is 404 g/mol. The van der Waals surface area contributed by atoms with Gasteiger partial charge in [-0.3, -0.25) is 9.59 Å². The quantitative estimate of drug-likeness (QED) is 0.706. The lowest BCUT2D eigenvalue weighted by atomic mass is 10.1.